The van der Waals surface area contributed by atoms with Gasteiger partial charge in [-0.25, -0.2) is 0 Å². The van der Waals surface area contributed by atoms with Crippen LogP contribution in [0.25, 0.3) is 0 Å². The van der Waals surface area contributed by atoms with Crippen LogP contribution in [0.2, 0.25) is 0 Å². The number of benzene rings is 1. The molecule has 0 spiro atoms. The smallest absolute Gasteiger partial charge is 0.122 e. The SMILES string of the molecule is CCCCCc1cc(CCCCC)c(O)c(C(C)(C)C)c1. The van der Waals surface area contributed by atoms with Crippen molar-refractivity contribution in [1.82, 2.24) is 0 Å². The van der Waals surface area contributed by atoms with Gasteiger partial charge in [-0.15, -0.1) is 0 Å². The molecule has 1 nitrogen and oxygen atoms in total. The summed E-state index contributed by atoms with van der Waals surface area (Å²) in [5, 5.41) is 10.6. The first kappa shape index (κ1) is 18.1. The number of rotatable bonds is 8. The van der Waals surface area contributed by atoms with Gasteiger partial charge in [0.05, 0.1) is 0 Å². The second-order valence-corrected chi connectivity index (χ2v) is 7.32. The van der Waals surface area contributed by atoms with E-state index in [-0.39, 0.29) is 5.41 Å². The molecule has 0 saturated heterocycles. The van der Waals surface area contributed by atoms with Crippen molar-refractivity contribution in [2.24, 2.45) is 0 Å². The second kappa shape index (κ2) is 8.46. The highest BCUT2D eigenvalue weighted by Crippen LogP contribution is 2.35. The highest BCUT2D eigenvalue weighted by atomic mass is 16.3. The molecule has 0 bridgehead atoms. The summed E-state index contributed by atoms with van der Waals surface area (Å²) in [6, 6.07) is 4.48. The zero-order chi connectivity index (χ0) is 15.9. The third kappa shape index (κ3) is 5.73. The molecule has 0 aliphatic carbocycles. The fourth-order valence-electron chi connectivity index (χ4n) is 2.81. The summed E-state index contributed by atoms with van der Waals surface area (Å²) in [5.41, 5.74) is 3.67. The minimum Gasteiger partial charge on any atom is -0.507 e. The van der Waals surface area contributed by atoms with Crippen molar-refractivity contribution in [3.63, 3.8) is 0 Å². The maximum absolute atomic E-state index is 10.6. The van der Waals surface area contributed by atoms with Crippen molar-refractivity contribution >= 4 is 0 Å². The molecular weight excluding hydrogens is 256 g/mol. The molecule has 0 aliphatic rings. The van der Waals surface area contributed by atoms with E-state index in [1.807, 2.05) is 0 Å². The molecule has 0 saturated carbocycles. The van der Waals surface area contributed by atoms with Crippen molar-refractivity contribution in [3.05, 3.63) is 28.8 Å². The quantitative estimate of drug-likeness (QED) is 0.569. The minimum atomic E-state index is 0.00432. The predicted octanol–water partition coefficient (Wildman–Crippen LogP) is 6.16. The van der Waals surface area contributed by atoms with E-state index in [1.165, 1.54) is 44.1 Å². The van der Waals surface area contributed by atoms with E-state index in [4.69, 9.17) is 0 Å². The molecular formula is C20H34O. The number of aryl methyl sites for hydroxylation is 2. The molecule has 1 aromatic rings. The molecule has 0 aliphatic heterocycles. The molecule has 0 radical (unpaired) electrons. The summed E-state index contributed by atoms with van der Waals surface area (Å²) in [6.07, 6.45) is 9.57. The van der Waals surface area contributed by atoms with Crippen LogP contribution in [0.15, 0.2) is 12.1 Å². The van der Waals surface area contributed by atoms with Gasteiger partial charge in [0.1, 0.15) is 5.75 Å². The Morgan fingerprint density at radius 2 is 1.43 bits per heavy atom. The molecule has 1 aromatic carbocycles. The lowest BCUT2D eigenvalue weighted by Crippen LogP contribution is -2.13. The van der Waals surface area contributed by atoms with E-state index in [9.17, 15) is 5.11 Å². The fourth-order valence-corrected chi connectivity index (χ4v) is 2.81. The Morgan fingerprint density at radius 3 is 1.95 bits per heavy atom. The Balaban J connectivity index is 3.01. The van der Waals surface area contributed by atoms with Gasteiger partial charge in [-0.05, 0) is 47.8 Å². The third-order valence-corrected chi connectivity index (χ3v) is 4.18. The summed E-state index contributed by atoms with van der Waals surface area (Å²) >= 11 is 0. The van der Waals surface area contributed by atoms with E-state index in [0.29, 0.717) is 5.75 Å². The number of phenols is 1. The van der Waals surface area contributed by atoms with Crippen LogP contribution in [-0.2, 0) is 18.3 Å². The number of phenolic OH excluding ortho intramolecular Hbond substituents is 1. The molecule has 0 amide bonds. The molecule has 120 valence electrons. The number of hydrogen-bond acceptors (Lipinski definition) is 1. The van der Waals surface area contributed by atoms with Gasteiger partial charge in [0.15, 0.2) is 0 Å². The van der Waals surface area contributed by atoms with E-state index in [2.05, 4.69) is 46.8 Å². The zero-order valence-electron chi connectivity index (χ0n) is 14.8. The number of aromatic hydroxyl groups is 1. The molecule has 0 heterocycles. The standard InChI is InChI=1S/C20H34O/c1-6-8-10-12-16-14-17(13-11-9-7-2)19(21)18(15-16)20(3,4)5/h14-15,21H,6-13H2,1-5H3. The highest BCUT2D eigenvalue weighted by molar-refractivity contribution is 5.47. The van der Waals surface area contributed by atoms with Gasteiger partial charge < -0.3 is 5.11 Å². The van der Waals surface area contributed by atoms with E-state index >= 15 is 0 Å². The van der Waals surface area contributed by atoms with Gasteiger partial charge in [0.2, 0.25) is 0 Å². The number of unbranched alkanes of at least 4 members (excludes halogenated alkanes) is 4. The van der Waals surface area contributed by atoms with E-state index in [0.717, 1.165) is 24.0 Å². The monoisotopic (exact) mass is 290 g/mol. The third-order valence-electron chi connectivity index (χ3n) is 4.18. The lowest BCUT2D eigenvalue weighted by Gasteiger charge is -2.23. The van der Waals surface area contributed by atoms with E-state index < -0.39 is 0 Å². The average Bonchev–Trinajstić information content (AvgIpc) is 2.41. The van der Waals surface area contributed by atoms with Gasteiger partial charge in [0.25, 0.3) is 0 Å². The van der Waals surface area contributed by atoms with Gasteiger partial charge in [-0.1, -0.05) is 72.4 Å². The Morgan fingerprint density at radius 1 is 0.857 bits per heavy atom. The van der Waals surface area contributed by atoms with Gasteiger partial charge >= 0.3 is 0 Å². The average molecular weight is 290 g/mol. The van der Waals surface area contributed by atoms with Crippen LogP contribution < -0.4 is 0 Å². The highest BCUT2D eigenvalue weighted by Gasteiger charge is 2.21. The Kier molecular flexibility index (Phi) is 7.28. The maximum Gasteiger partial charge on any atom is 0.122 e. The Labute approximate surface area is 131 Å². The first-order valence-electron chi connectivity index (χ1n) is 8.75. The summed E-state index contributed by atoms with van der Waals surface area (Å²) < 4.78 is 0. The van der Waals surface area contributed by atoms with Crippen LogP contribution in [-0.4, -0.2) is 5.11 Å². The first-order valence-corrected chi connectivity index (χ1v) is 8.75. The van der Waals surface area contributed by atoms with Crippen LogP contribution in [0.1, 0.15) is 89.8 Å². The van der Waals surface area contributed by atoms with Gasteiger partial charge in [-0.3, -0.25) is 0 Å². The molecule has 1 heteroatoms. The van der Waals surface area contributed by atoms with Crippen molar-refractivity contribution in [2.75, 3.05) is 0 Å². The molecule has 21 heavy (non-hydrogen) atoms. The Hall–Kier alpha value is -0.980. The molecule has 0 aromatic heterocycles. The first-order chi connectivity index (χ1) is 9.90. The lowest BCUT2D eigenvalue weighted by atomic mass is 9.83. The second-order valence-electron chi connectivity index (χ2n) is 7.32. The molecule has 1 N–H and O–H groups in total. The topological polar surface area (TPSA) is 20.2 Å². The predicted molar refractivity (Wildman–Crippen MR) is 93.3 cm³/mol. The molecule has 0 unspecified atom stereocenters. The van der Waals surface area contributed by atoms with Gasteiger partial charge in [0, 0.05) is 0 Å². The van der Waals surface area contributed by atoms with Crippen LogP contribution in [0, 0.1) is 0 Å². The van der Waals surface area contributed by atoms with Crippen molar-refractivity contribution < 1.29 is 5.11 Å². The molecule has 1 rings (SSSR count). The van der Waals surface area contributed by atoms with E-state index in [1.54, 1.807) is 0 Å². The number of hydrogen-bond donors (Lipinski definition) is 1. The van der Waals surface area contributed by atoms with Crippen molar-refractivity contribution in [1.29, 1.82) is 0 Å². The Bertz CT molecular complexity index is 426. The summed E-state index contributed by atoms with van der Waals surface area (Å²) in [6.45, 7) is 11.0. The summed E-state index contributed by atoms with van der Waals surface area (Å²) in [5.74, 6) is 0.540. The van der Waals surface area contributed by atoms with Gasteiger partial charge in [-0.2, -0.15) is 0 Å². The largest absolute Gasteiger partial charge is 0.507 e. The van der Waals surface area contributed by atoms with Crippen LogP contribution >= 0.6 is 0 Å². The van der Waals surface area contributed by atoms with Crippen LogP contribution in [0.5, 0.6) is 5.75 Å². The van der Waals surface area contributed by atoms with Crippen molar-refractivity contribution in [3.8, 4) is 5.75 Å². The maximum atomic E-state index is 10.6. The molecule has 0 atom stereocenters. The minimum absolute atomic E-state index is 0.00432. The fraction of sp³-hybridized carbons (Fsp3) is 0.700. The summed E-state index contributed by atoms with van der Waals surface area (Å²) in [4.78, 5) is 0. The normalized spacial score (nSPS) is 11.9. The van der Waals surface area contributed by atoms with Crippen LogP contribution in [0.4, 0.5) is 0 Å². The molecule has 0 fully saturated rings. The van der Waals surface area contributed by atoms with Crippen molar-refractivity contribution in [2.45, 2.75) is 91.4 Å². The zero-order valence-corrected chi connectivity index (χ0v) is 14.8. The van der Waals surface area contributed by atoms with Crippen LogP contribution in [0.3, 0.4) is 0 Å². The summed E-state index contributed by atoms with van der Waals surface area (Å²) in [7, 11) is 0. The lowest BCUT2D eigenvalue weighted by molar-refractivity contribution is 0.438.